The van der Waals surface area contributed by atoms with Gasteiger partial charge in [0.05, 0.1) is 25.2 Å². The molecule has 2 amide bonds. The maximum atomic E-state index is 12.6. The number of esters is 1. The van der Waals surface area contributed by atoms with Gasteiger partial charge in [-0.15, -0.1) is 0 Å². The van der Waals surface area contributed by atoms with Crippen LogP contribution in [0.3, 0.4) is 0 Å². The van der Waals surface area contributed by atoms with Crippen LogP contribution in [0.2, 0.25) is 0 Å². The molecule has 1 fully saturated rings. The summed E-state index contributed by atoms with van der Waals surface area (Å²) in [5.74, 6) is -0.988. The van der Waals surface area contributed by atoms with Gasteiger partial charge in [-0.1, -0.05) is 29.8 Å². The van der Waals surface area contributed by atoms with E-state index < -0.39 is 5.97 Å². The molecule has 1 saturated heterocycles. The number of rotatable bonds is 9. The summed E-state index contributed by atoms with van der Waals surface area (Å²) in [5.41, 5.74) is 1.98. The fourth-order valence-corrected chi connectivity index (χ4v) is 3.23. The van der Waals surface area contributed by atoms with Crippen LogP contribution in [0, 0.1) is 6.92 Å². The highest BCUT2D eigenvalue weighted by molar-refractivity contribution is 6.06. The summed E-state index contributed by atoms with van der Waals surface area (Å²) in [6, 6.07) is 13.9. The molecule has 1 heterocycles. The predicted octanol–water partition coefficient (Wildman–Crippen LogP) is 2.38. The molecule has 0 radical (unpaired) electrons. The minimum absolute atomic E-state index is 0.0275. The Hall–Kier alpha value is -3.23. The standard InChI is InChI=1S/C24H29N3O5/c1-18-6-8-19(9-7-18)26-24(30)20-4-2-3-5-21(20)32-23(29)11-10-22(28)25-12-13-27-14-16-31-17-15-27/h2-9H,10-17H2,1H3,(H,25,28)(H,26,30). The molecule has 1 aliphatic heterocycles. The van der Waals surface area contributed by atoms with Crippen molar-refractivity contribution in [3.63, 3.8) is 0 Å². The third-order valence-corrected chi connectivity index (χ3v) is 5.08. The molecule has 0 spiro atoms. The Bertz CT molecular complexity index is 923. The van der Waals surface area contributed by atoms with Crippen LogP contribution in [0.1, 0.15) is 28.8 Å². The Morgan fingerprint density at radius 1 is 1.00 bits per heavy atom. The van der Waals surface area contributed by atoms with Crippen molar-refractivity contribution in [3.05, 3.63) is 59.7 Å². The van der Waals surface area contributed by atoms with E-state index in [0.717, 1.165) is 25.2 Å². The van der Waals surface area contributed by atoms with Crippen LogP contribution in [0.4, 0.5) is 5.69 Å². The molecule has 1 aliphatic rings. The lowest BCUT2D eigenvalue weighted by Gasteiger charge is -2.26. The van der Waals surface area contributed by atoms with Gasteiger partial charge in [0.25, 0.3) is 5.91 Å². The third-order valence-electron chi connectivity index (χ3n) is 5.08. The number of carbonyl (C=O) groups is 3. The normalized spacial score (nSPS) is 13.9. The Morgan fingerprint density at radius 2 is 1.72 bits per heavy atom. The van der Waals surface area contributed by atoms with Crippen molar-refractivity contribution in [3.8, 4) is 5.75 Å². The summed E-state index contributed by atoms with van der Waals surface area (Å²) in [5, 5.41) is 5.61. The molecule has 8 nitrogen and oxygen atoms in total. The number of para-hydroxylation sites is 1. The van der Waals surface area contributed by atoms with Crippen molar-refractivity contribution in [2.45, 2.75) is 19.8 Å². The lowest BCUT2D eigenvalue weighted by molar-refractivity contribution is -0.136. The van der Waals surface area contributed by atoms with Crippen LogP contribution in [-0.2, 0) is 14.3 Å². The van der Waals surface area contributed by atoms with Crippen LogP contribution in [0.25, 0.3) is 0 Å². The summed E-state index contributed by atoms with van der Waals surface area (Å²) >= 11 is 0. The van der Waals surface area contributed by atoms with E-state index in [0.29, 0.717) is 25.4 Å². The van der Waals surface area contributed by atoms with Gasteiger partial charge in [-0.25, -0.2) is 0 Å². The van der Waals surface area contributed by atoms with E-state index in [2.05, 4.69) is 15.5 Å². The molecular weight excluding hydrogens is 410 g/mol. The highest BCUT2D eigenvalue weighted by Crippen LogP contribution is 2.20. The smallest absolute Gasteiger partial charge is 0.311 e. The Labute approximate surface area is 187 Å². The largest absolute Gasteiger partial charge is 0.426 e. The number of anilines is 1. The molecule has 0 saturated carbocycles. The summed E-state index contributed by atoms with van der Waals surface area (Å²) in [6.45, 7) is 6.39. The van der Waals surface area contributed by atoms with Crippen LogP contribution in [0.15, 0.2) is 48.5 Å². The maximum absolute atomic E-state index is 12.6. The number of aryl methyl sites for hydroxylation is 1. The van der Waals surface area contributed by atoms with E-state index in [4.69, 9.17) is 9.47 Å². The van der Waals surface area contributed by atoms with Gasteiger partial charge in [0, 0.05) is 38.3 Å². The van der Waals surface area contributed by atoms with E-state index in [1.165, 1.54) is 0 Å². The zero-order valence-electron chi connectivity index (χ0n) is 18.3. The van der Waals surface area contributed by atoms with Gasteiger partial charge in [-0.2, -0.15) is 0 Å². The number of benzene rings is 2. The number of carbonyl (C=O) groups excluding carboxylic acids is 3. The first-order valence-corrected chi connectivity index (χ1v) is 10.8. The van der Waals surface area contributed by atoms with Crippen LogP contribution >= 0.6 is 0 Å². The topological polar surface area (TPSA) is 97.0 Å². The van der Waals surface area contributed by atoms with Gasteiger partial charge in [-0.3, -0.25) is 19.3 Å². The number of ether oxygens (including phenoxy) is 2. The molecule has 32 heavy (non-hydrogen) atoms. The zero-order chi connectivity index (χ0) is 22.8. The lowest BCUT2D eigenvalue weighted by Crippen LogP contribution is -2.41. The molecule has 0 atom stereocenters. The molecule has 2 aromatic carbocycles. The second-order valence-electron chi connectivity index (χ2n) is 7.59. The Balaban J connectivity index is 1.44. The number of hydrogen-bond acceptors (Lipinski definition) is 6. The van der Waals surface area contributed by atoms with E-state index >= 15 is 0 Å². The minimum Gasteiger partial charge on any atom is -0.426 e. The number of nitrogens with zero attached hydrogens (tertiary/aromatic N) is 1. The second kappa shape index (κ2) is 12.0. The van der Waals surface area contributed by atoms with E-state index in [1.807, 2.05) is 19.1 Å². The summed E-state index contributed by atoms with van der Waals surface area (Å²) in [4.78, 5) is 39.1. The summed E-state index contributed by atoms with van der Waals surface area (Å²) < 4.78 is 10.7. The molecule has 170 valence electrons. The number of amides is 2. The van der Waals surface area contributed by atoms with Crippen molar-refractivity contribution in [2.75, 3.05) is 44.7 Å². The first kappa shape index (κ1) is 23.4. The predicted molar refractivity (Wildman–Crippen MR) is 121 cm³/mol. The van der Waals surface area contributed by atoms with E-state index in [9.17, 15) is 14.4 Å². The second-order valence-corrected chi connectivity index (χ2v) is 7.59. The SMILES string of the molecule is Cc1ccc(NC(=O)c2ccccc2OC(=O)CCC(=O)NCCN2CCOCC2)cc1. The van der Waals surface area contributed by atoms with Crippen molar-refractivity contribution in [2.24, 2.45) is 0 Å². The summed E-state index contributed by atoms with van der Waals surface area (Å²) in [7, 11) is 0. The quantitative estimate of drug-likeness (QED) is 0.460. The fraction of sp³-hybridized carbons (Fsp3) is 0.375. The molecule has 0 aromatic heterocycles. The highest BCUT2D eigenvalue weighted by Gasteiger charge is 2.16. The summed E-state index contributed by atoms with van der Waals surface area (Å²) in [6.07, 6.45) is -0.0447. The van der Waals surface area contributed by atoms with E-state index in [1.54, 1.807) is 36.4 Å². The highest BCUT2D eigenvalue weighted by atomic mass is 16.5. The molecule has 0 unspecified atom stereocenters. The fourth-order valence-electron chi connectivity index (χ4n) is 3.23. The molecule has 0 bridgehead atoms. The van der Waals surface area contributed by atoms with Crippen LogP contribution in [0.5, 0.6) is 5.75 Å². The molecular formula is C24H29N3O5. The van der Waals surface area contributed by atoms with Crippen LogP contribution in [-0.4, -0.2) is 62.1 Å². The monoisotopic (exact) mass is 439 g/mol. The number of morpholine rings is 1. The van der Waals surface area contributed by atoms with Crippen molar-refractivity contribution in [1.82, 2.24) is 10.2 Å². The first-order valence-electron chi connectivity index (χ1n) is 10.8. The molecule has 2 aromatic rings. The molecule has 8 heteroatoms. The average molecular weight is 440 g/mol. The Morgan fingerprint density at radius 3 is 2.47 bits per heavy atom. The van der Waals surface area contributed by atoms with Gasteiger partial charge in [0.15, 0.2) is 0 Å². The lowest BCUT2D eigenvalue weighted by atomic mass is 10.1. The molecule has 0 aliphatic carbocycles. The van der Waals surface area contributed by atoms with Crippen molar-refractivity contribution >= 4 is 23.5 Å². The molecule has 2 N–H and O–H groups in total. The molecule has 3 rings (SSSR count). The van der Waals surface area contributed by atoms with Crippen LogP contribution < -0.4 is 15.4 Å². The van der Waals surface area contributed by atoms with Gasteiger partial charge in [0.1, 0.15) is 5.75 Å². The van der Waals surface area contributed by atoms with E-state index in [-0.39, 0.29) is 36.0 Å². The van der Waals surface area contributed by atoms with Crippen molar-refractivity contribution in [1.29, 1.82) is 0 Å². The van der Waals surface area contributed by atoms with Gasteiger partial charge >= 0.3 is 5.97 Å². The number of nitrogens with one attached hydrogen (secondary N) is 2. The Kier molecular flexibility index (Phi) is 8.77. The van der Waals surface area contributed by atoms with Gasteiger partial charge in [-0.05, 0) is 31.2 Å². The number of hydrogen-bond donors (Lipinski definition) is 2. The van der Waals surface area contributed by atoms with Gasteiger partial charge in [0.2, 0.25) is 5.91 Å². The maximum Gasteiger partial charge on any atom is 0.311 e. The first-order chi connectivity index (χ1) is 15.5. The third kappa shape index (κ3) is 7.47. The van der Waals surface area contributed by atoms with Gasteiger partial charge < -0.3 is 20.1 Å². The minimum atomic E-state index is -0.566. The zero-order valence-corrected chi connectivity index (χ0v) is 18.3. The average Bonchev–Trinajstić information content (AvgIpc) is 2.80. The van der Waals surface area contributed by atoms with Crippen molar-refractivity contribution < 1.29 is 23.9 Å².